The molecule has 1 heterocycles. The molecule has 0 saturated heterocycles. The number of nitrogens with zero attached hydrogens (tertiary/aromatic N) is 1. The minimum Gasteiger partial charge on any atom is -0.299 e. The molecule has 5 nitrogen and oxygen atoms in total. The quantitative estimate of drug-likeness (QED) is 0.890. The minimum atomic E-state index is -3.37. The number of rotatable bonds is 5. The number of sulfonamides is 1. The predicted molar refractivity (Wildman–Crippen MR) is 84.5 cm³/mol. The van der Waals surface area contributed by atoms with Crippen LogP contribution in [-0.2, 0) is 10.0 Å². The highest BCUT2D eigenvalue weighted by Gasteiger charge is 2.18. The Hall–Kier alpha value is -1.66. The number of pyridine rings is 1. The van der Waals surface area contributed by atoms with Crippen molar-refractivity contribution < 1.29 is 8.42 Å². The fourth-order valence-electron chi connectivity index (χ4n) is 2.72. The fraction of sp³-hybridized carbons (Fsp3) is 0.400. The third-order valence-corrected chi connectivity index (χ3v) is 4.92. The number of hydrogen-bond donors (Lipinski definition) is 2. The maximum absolute atomic E-state index is 12.1. The molecule has 1 aromatic carbocycles. The van der Waals surface area contributed by atoms with Crippen molar-refractivity contribution in [3.8, 4) is 0 Å². The fourth-order valence-corrected chi connectivity index (χ4v) is 3.73. The molecule has 2 N–H and O–H groups in total. The first-order valence-corrected chi connectivity index (χ1v) is 8.85. The highest BCUT2D eigenvalue weighted by atomic mass is 32.2. The molecule has 0 amide bonds. The van der Waals surface area contributed by atoms with Crippen LogP contribution in [-0.4, -0.2) is 25.3 Å². The van der Waals surface area contributed by atoms with E-state index in [1.54, 1.807) is 18.5 Å². The van der Waals surface area contributed by atoms with E-state index in [0.717, 1.165) is 23.6 Å². The van der Waals surface area contributed by atoms with Crippen LogP contribution in [0.15, 0.2) is 36.7 Å². The zero-order valence-electron chi connectivity index (χ0n) is 11.7. The summed E-state index contributed by atoms with van der Waals surface area (Å²) < 4.78 is 26.8. The second-order valence-electron chi connectivity index (χ2n) is 5.48. The van der Waals surface area contributed by atoms with Gasteiger partial charge in [-0.05, 0) is 36.4 Å². The number of fused-ring (bicyclic) bond motifs is 1. The Morgan fingerprint density at radius 1 is 1.14 bits per heavy atom. The van der Waals surface area contributed by atoms with Gasteiger partial charge in [-0.25, -0.2) is 8.42 Å². The van der Waals surface area contributed by atoms with Crippen LogP contribution in [0, 0.1) is 0 Å². The van der Waals surface area contributed by atoms with Crippen molar-refractivity contribution in [2.75, 3.05) is 10.6 Å². The van der Waals surface area contributed by atoms with Crippen molar-refractivity contribution >= 4 is 26.5 Å². The molecule has 1 aliphatic carbocycles. The Morgan fingerprint density at radius 2 is 1.95 bits per heavy atom. The molecule has 112 valence electrons. The van der Waals surface area contributed by atoms with Crippen LogP contribution in [0.5, 0.6) is 0 Å². The number of nitrogens with one attached hydrogen (secondary N) is 2. The lowest BCUT2D eigenvalue weighted by Crippen LogP contribution is -2.34. The summed E-state index contributed by atoms with van der Waals surface area (Å²) in [7, 11) is -3.37. The first-order valence-electron chi connectivity index (χ1n) is 7.20. The molecule has 2 aromatic rings. The van der Waals surface area contributed by atoms with Crippen molar-refractivity contribution in [2.24, 2.45) is 0 Å². The number of benzene rings is 1. The summed E-state index contributed by atoms with van der Waals surface area (Å²) in [5, 5.41) is 5.08. The molecule has 1 aromatic heterocycles. The molecular formula is C15H19N3O2S. The maximum atomic E-state index is 12.1. The van der Waals surface area contributed by atoms with E-state index in [1.165, 1.54) is 12.8 Å². The zero-order chi connectivity index (χ0) is 14.7. The monoisotopic (exact) mass is 305 g/mol. The third kappa shape index (κ3) is 3.71. The molecule has 1 fully saturated rings. The van der Waals surface area contributed by atoms with Gasteiger partial charge in [-0.1, -0.05) is 18.9 Å². The second kappa shape index (κ2) is 5.99. The van der Waals surface area contributed by atoms with E-state index in [-0.39, 0.29) is 5.88 Å². The van der Waals surface area contributed by atoms with Gasteiger partial charge in [0.2, 0.25) is 10.0 Å². The molecule has 6 heteroatoms. The lowest BCUT2D eigenvalue weighted by molar-refractivity contribution is 0.545. The van der Waals surface area contributed by atoms with Crippen LogP contribution in [0.25, 0.3) is 10.8 Å². The molecule has 0 radical (unpaired) electrons. The summed E-state index contributed by atoms with van der Waals surface area (Å²) in [6.07, 6.45) is 7.96. The Labute approximate surface area is 124 Å². The molecule has 1 saturated carbocycles. The molecule has 21 heavy (non-hydrogen) atoms. The van der Waals surface area contributed by atoms with Crippen LogP contribution in [0.1, 0.15) is 25.7 Å². The van der Waals surface area contributed by atoms with Gasteiger partial charge < -0.3 is 0 Å². The van der Waals surface area contributed by atoms with Crippen molar-refractivity contribution in [1.29, 1.82) is 0 Å². The Kier molecular flexibility index (Phi) is 4.07. The normalized spacial score (nSPS) is 16.4. The second-order valence-corrected chi connectivity index (χ2v) is 7.21. The minimum absolute atomic E-state index is 0.0357. The summed E-state index contributed by atoms with van der Waals surface area (Å²) >= 11 is 0. The van der Waals surface area contributed by atoms with Crippen molar-refractivity contribution in [3.63, 3.8) is 0 Å². The van der Waals surface area contributed by atoms with E-state index in [9.17, 15) is 8.42 Å². The van der Waals surface area contributed by atoms with Crippen molar-refractivity contribution in [1.82, 2.24) is 10.3 Å². The van der Waals surface area contributed by atoms with Crippen molar-refractivity contribution in [2.45, 2.75) is 31.7 Å². The van der Waals surface area contributed by atoms with Crippen LogP contribution in [0.3, 0.4) is 0 Å². The SMILES string of the molecule is O=S(=O)(CNC1CCCC1)Nc1ccc2cnccc2c1. The number of aromatic nitrogens is 1. The summed E-state index contributed by atoms with van der Waals surface area (Å²) in [4.78, 5) is 4.04. The first kappa shape index (κ1) is 14.3. The van der Waals surface area contributed by atoms with Gasteiger partial charge in [0.25, 0.3) is 0 Å². The lowest BCUT2D eigenvalue weighted by atomic mass is 10.2. The van der Waals surface area contributed by atoms with E-state index in [1.807, 2.05) is 18.2 Å². The number of anilines is 1. The highest BCUT2D eigenvalue weighted by molar-refractivity contribution is 7.92. The average molecular weight is 305 g/mol. The van der Waals surface area contributed by atoms with Gasteiger partial charge >= 0.3 is 0 Å². The van der Waals surface area contributed by atoms with Crippen LogP contribution in [0.2, 0.25) is 0 Å². The standard InChI is InChI=1S/C15H19N3O2S/c19-21(20,11-17-14-3-1-2-4-14)18-15-6-5-13-10-16-8-7-12(13)9-15/h5-10,14,17-18H,1-4,11H2. The average Bonchev–Trinajstić information content (AvgIpc) is 2.98. The van der Waals surface area contributed by atoms with Gasteiger partial charge in [0.1, 0.15) is 5.88 Å². The molecule has 0 atom stereocenters. The Morgan fingerprint density at radius 3 is 2.76 bits per heavy atom. The molecule has 0 aliphatic heterocycles. The molecule has 0 unspecified atom stereocenters. The van der Waals surface area contributed by atoms with Gasteiger partial charge in [-0.15, -0.1) is 0 Å². The lowest BCUT2D eigenvalue weighted by Gasteiger charge is -2.13. The summed E-state index contributed by atoms with van der Waals surface area (Å²) in [5.41, 5.74) is 0.585. The predicted octanol–water partition coefficient (Wildman–Crippen LogP) is 2.47. The van der Waals surface area contributed by atoms with Crippen molar-refractivity contribution in [3.05, 3.63) is 36.7 Å². The molecule has 0 spiro atoms. The van der Waals surface area contributed by atoms with Crippen LogP contribution >= 0.6 is 0 Å². The van der Waals surface area contributed by atoms with Crippen LogP contribution in [0.4, 0.5) is 5.69 Å². The molecule has 3 rings (SSSR count). The smallest absolute Gasteiger partial charge is 0.245 e. The van der Waals surface area contributed by atoms with E-state index in [2.05, 4.69) is 15.0 Å². The largest absolute Gasteiger partial charge is 0.299 e. The van der Waals surface area contributed by atoms with E-state index in [0.29, 0.717) is 11.7 Å². The third-order valence-electron chi connectivity index (χ3n) is 3.83. The molecular weight excluding hydrogens is 286 g/mol. The van der Waals surface area contributed by atoms with E-state index >= 15 is 0 Å². The summed E-state index contributed by atoms with van der Waals surface area (Å²) in [6.45, 7) is 0. The maximum Gasteiger partial charge on any atom is 0.245 e. The van der Waals surface area contributed by atoms with E-state index in [4.69, 9.17) is 0 Å². The summed E-state index contributed by atoms with van der Waals surface area (Å²) in [6, 6.07) is 7.65. The summed E-state index contributed by atoms with van der Waals surface area (Å²) in [5.74, 6) is -0.0357. The van der Waals surface area contributed by atoms with Gasteiger partial charge in [-0.2, -0.15) is 0 Å². The number of hydrogen-bond acceptors (Lipinski definition) is 4. The topological polar surface area (TPSA) is 71.1 Å². The van der Waals surface area contributed by atoms with E-state index < -0.39 is 10.0 Å². The van der Waals surface area contributed by atoms with Crippen LogP contribution < -0.4 is 10.0 Å². The highest BCUT2D eigenvalue weighted by Crippen LogP contribution is 2.20. The van der Waals surface area contributed by atoms with Gasteiger partial charge in [0.05, 0.1) is 0 Å². The van der Waals surface area contributed by atoms with Gasteiger partial charge in [0, 0.05) is 29.5 Å². The van der Waals surface area contributed by atoms with Gasteiger partial charge in [0.15, 0.2) is 0 Å². The van der Waals surface area contributed by atoms with Gasteiger partial charge in [-0.3, -0.25) is 15.0 Å². The molecule has 1 aliphatic rings. The molecule has 0 bridgehead atoms. The Balaban J connectivity index is 1.67. The first-order chi connectivity index (χ1) is 10.1. The Bertz CT molecular complexity index is 725. The zero-order valence-corrected chi connectivity index (χ0v) is 12.6.